The Hall–Kier alpha value is -1.35. The third-order valence-electron chi connectivity index (χ3n) is 6.77. The number of aliphatic hydroxyl groups is 1. The molecule has 1 aliphatic carbocycles. The molecule has 3 aliphatic rings. The van der Waals surface area contributed by atoms with Gasteiger partial charge in [-0.15, -0.1) is 12.4 Å². The zero-order valence-corrected chi connectivity index (χ0v) is 17.8. The van der Waals surface area contributed by atoms with Gasteiger partial charge in [-0.1, -0.05) is 60.2 Å². The summed E-state index contributed by atoms with van der Waals surface area (Å²) in [6, 6.07) is 18.9. The van der Waals surface area contributed by atoms with Gasteiger partial charge in [0.15, 0.2) is 0 Å². The first-order valence-electron chi connectivity index (χ1n) is 10.7. The number of benzene rings is 2. The minimum atomic E-state index is -0.805. The molecule has 2 aromatic carbocycles. The molecule has 2 bridgehead atoms. The summed E-state index contributed by atoms with van der Waals surface area (Å²) in [7, 11) is 0. The van der Waals surface area contributed by atoms with Crippen molar-refractivity contribution in [2.45, 2.75) is 51.0 Å². The Morgan fingerprint density at radius 1 is 0.893 bits per heavy atom. The van der Waals surface area contributed by atoms with Gasteiger partial charge in [-0.3, -0.25) is 0 Å². The fraction of sp³-hybridized carbons (Fsp3) is 0.520. The van der Waals surface area contributed by atoms with E-state index in [1.54, 1.807) is 0 Å². The first kappa shape index (κ1) is 21.4. The van der Waals surface area contributed by atoms with Crippen LogP contribution < -0.4 is 0 Å². The maximum Gasteiger partial charge on any atom is 0.0948 e. The van der Waals surface area contributed by atoms with Crippen molar-refractivity contribution < 1.29 is 5.11 Å². The van der Waals surface area contributed by atoms with Gasteiger partial charge in [-0.25, -0.2) is 0 Å². The van der Waals surface area contributed by atoms with Crippen molar-refractivity contribution in [1.29, 1.82) is 0 Å². The third kappa shape index (κ3) is 5.17. The molecule has 2 saturated heterocycles. The number of nitrogens with zero attached hydrogens (tertiary/aromatic N) is 1. The Kier molecular flexibility index (Phi) is 7.20. The Bertz CT molecular complexity index is 710. The average molecular weight is 400 g/mol. The summed E-state index contributed by atoms with van der Waals surface area (Å²) in [4.78, 5) is 2.64. The third-order valence-corrected chi connectivity index (χ3v) is 6.77. The molecular formula is C25H34ClNO. The van der Waals surface area contributed by atoms with Gasteiger partial charge in [0.1, 0.15) is 0 Å². The highest BCUT2D eigenvalue weighted by atomic mass is 35.5. The van der Waals surface area contributed by atoms with Crippen molar-refractivity contribution >= 4 is 12.4 Å². The van der Waals surface area contributed by atoms with E-state index >= 15 is 0 Å². The van der Waals surface area contributed by atoms with Gasteiger partial charge >= 0.3 is 0 Å². The number of hydrogen-bond acceptors (Lipinski definition) is 2. The van der Waals surface area contributed by atoms with Gasteiger partial charge in [-0.2, -0.15) is 0 Å². The molecule has 2 aliphatic heterocycles. The topological polar surface area (TPSA) is 23.5 Å². The van der Waals surface area contributed by atoms with Crippen molar-refractivity contribution in [2.24, 2.45) is 11.8 Å². The summed E-state index contributed by atoms with van der Waals surface area (Å²) in [5, 5.41) is 11.7. The van der Waals surface area contributed by atoms with Crippen LogP contribution >= 0.6 is 12.4 Å². The number of aryl methyl sites for hydroxylation is 1. The van der Waals surface area contributed by atoms with Crippen LogP contribution in [0.4, 0.5) is 0 Å². The lowest BCUT2D eigenvalue weighted by Crippen LogP contribution is -2.37. The van der Waals surface area contributed by atoms with Crippen LogP contribution in [0.5, 0.6) is 0 Å². The largest absolute Gasteiger partial charge is 0.385 e. The lowest BCUT2D eigenvalue weighted by atomic mass is 9.84. The molecule has 2 aromatic rings. The van der Waals surface area contributed by atoms with Crippen LogP contribution in [-0.4, -0.2) is 29.6 Å². The predicted octanol–water partition coefficient (Wildman–Crippen LogP) is 5.36. The zero-order chi connectivity index (χ0) is 18.7. The molecule has 5 rings (SSSR count). The summed E-state index contributed by atoms with van der Waals surface area (Å²) < 4.78 is 0. The van der Waals surface area contributed by atoms with Crippen molar-refractivity contribution in [3.8, 4) is 0 Å². The minimum Gasteiger partial charge on any atom is -0.385 e. The second kappa shape index (κ2) is 9.43. The molecule has 0 spiro atoms. The molecule has 0 amide bonds. The molecule has 0 radical (unpaired) electrons. The Balaban J connectivity index is 0.00000225. The Morgan fingerprint density at radius 2 is 1.46 bits per heavy atom. The van der Waals surface area contributed by atoms with Crippen LogP contribution in [0.25, 0.3) is 0 Å². The molecule has 1 saturated carbocycles. The zero-order valence-electron chi connectivity index (χ0n) is 17.0. The quantitative estimate of drug-likeness (QED) is 0.706. The molecule has 1 unspecified atom stereocenters. The summed E-state index contributed by atoms with van der Waals surface area (Å²) >= 11 is 0. The molecular weight excluding hydrogens is 366 g/mol. The second-order valence-corrected chi connectivity index (χ2v) is 8.96. The average Bonchev–Trinajstić information content (AvgIpc) is 3.01. The van der Waals surface area contributed by atoms with Crippen LogP contribution in [0.1, 0.15) is 48.8 Å². The molecule has 0 aromatic heterocycles. The van der Waals surface area contributed by atoms with Crippen LogP contribution in [-0.2, 0) is 12.0 Å². The van der Waals surface area contributed by atoms with Crippen molar-refractivity contribution in [3.63, 3.8) is 0 Å². The van der Waals surface area contributed by atoms with E-state index < -0.39 is 5.60 Å². The normalized spacial score (nSPS) is 24.2. The first-order valence-corrected chi connectivity index (χ1v) is 10.7. The second-order valence-electron chi connectivity index (χ2n) is 8.96. The number of fused-ring (bicyclic) bond motifs is 4. The highest BCUT2D eigenvalue weighted by Gasteiger charge is 2.33. The molecule has 152 valence electrons. The minimum absolute atomic E-state index is 0. The van der Waals surface area contributed by atoms with Crippen LogP contribution in [0.3, 0.4) is 0 Å². The van der Waals surface area contributed by atoms with Crippen molar-refractivity contribution in [2.75, 3.05) is 19.6 Å². The molecule has 3 fully saturated rings. The van der Waals surface area contributed by atoms with E-state index in [1.807, 2.05) is 6.07 Å². The van der Waals surface area contributed by atoms with E-state index in [1.165, 1.54) is 49.9 Å². The maximum absolute atomic E-state index is 11.7. The van der Waals surface area contributed by atoms with E-state index in [9.17, 15) is 5.11 Å². The predicted molar refractivity (Wildman–Crippen MR) is 119 cm³/mol. The lowest BCUT2D eigenvalue weighted by molar-refractivity contribution is 0.0163. The molecule has 2 nitrogen and oxygen atoms in total. The summed E-state index contributed by atoms with van der Waals surface area (Å²) in [6.45, 7) is 5.55. The van der Waals surface area contributed by atoms with Crippen LogP contribution in [0.15, 0.2) is 54.6 Å². The summed E-state index contributed by atoms with van der Waals surface area (Å²) in [6.07, 6.45) is 7.11. The van der Waals surface area contributed by atoms with Crippen LogP contribution in [0.2, 0.25) is 0 Å². The van der Waals surface area contributed by atoms with E-state index in [0.717, 1.165) is 30.4 Å². The first-order chi connectivity index (χ1) is 13.1. The molecule has 28 heavy (non-hydrogen) atoms. The van der Waals surface area contributed by atoms with Gasteiger partial charge in [0.2, 0.25) is 0 Å². The summed E-state index contributed by atoms with van der Waals surface area (Å²) in [5.74, 6) is 1.76. The van der Waals surface area contributed by atoms with Gasteiger partial charge < -0.3 is 10.0 Å². The fourth-order valence-corrected chi connectivity index (χ4v) is 5.06. The molecule has 2 heterocycles. The van der Waals surface area contributed by atoms with E-state index in [2.05, 4.69) is 60.4 Å². The van der Waals surface area contributed by atoms with Gasteiger partial charge in [-0.05, 0) is 62.0 Å². The smallest absolute Gasteiger partial charge is 0.0948 e. The number of rotatable bonds is 6. The SMILES string of the molecule is Cc1ccc(C(O)(CCN2CC3CCC(CC3)C2)Cc2ccccc2)cc1.Cl. The summed E-state index contributed by atoms with van der Waals surface area (Å²) in [5.41, 5.74) is 2.69. The van der Waals surface area contributed by atoms with Gasteiger partial charge in [0.25, 0.3) is 0 Å². The molecule has 3 heteroatoms. The Labute approximate surface area is 176 Å². The van der Waals surface area contributed by atoms with E-state index in [4.69, 9.17) is 0 Å². The van der Waals surface area contributed by atoms with Gasteiger partial charge in [0.05, 0.1) is 5.60 Å². The van der Waals surface area contributed by atoms with Crippen molar-refractivity contribution in [3.05, 3.63) is 71.3 Å². The number of hydrogen-bond donors (Lipinski definition) is 1. The monoisotopic (exact) mass is 399 g/mol. The van der Waals surface area contributed by atoms with Crippen LogP contribution in [0, 0.1) is 18.8 Å². The van der Waals surface area contributed by atoms with E-state index in [-0.39, 0.29) is 12.4 Å². The Morgan fingerprint density at radius 3 is 2.04 bits per heavy atom. The van der Waals surface area contributed by atoms with Gasteiger partial charge in [0, 0.05) is 26.1 Å². The maximum atomic E-state index is 11.7. The lowest BCUT2D eigenvalue weighted by Gasteiger charge is -2.32. The fourth-order valence-electron chi connectivity index (χ4n) is 5.06. The standard InChI is InChI=1S/C25H33NO.ClH/c1-20-7-13-24(14-8-20)25(27,17-21-5-3-2-4-6-21)15-16-26-18-22-9-10-23(19-26)12-11-22;/h2-8,13-14,22-23,27H,9-12,15-19H2,1H3;1H. The molecule has 1 atom stereocenters. The molecule has 1 N–H and O–H groups in total. The van der Waals surface area contributed by atoms with E-state index in [0.29, 0.717) is 6.42 Å². The number of halogens is 1. The highest BCUT2D eigenvalue weighted by Crippen LogP contribution is 2.35. The highest BCUT2D eigenvalue weighted by molar-refractivity contribution is 5.85. The van der Waals surface area contributed by atoms with Crippen molar-refractivity contribution in [1.82, 2.24) is 4.90 Å².